The van der Waals surface area contributed by atoms with Crippen molar-refractivity contribution in [2.24, 2.45) is 23.7 Å². The molecule has 1 aromatic rings. The molecule has 3 aliphatic carbocycles. The first-order chi connectivity index (χ1) is 11.1. The van der Waals surface area contributed by atoms with E-state index in [0.717, 1.165) is 12.8 Å². The summed E-state index contributed by atoms with van der Waals surface area (Å²) in [5.41, 5.74) is 0.927. The summed E-state index contributed by atoms with van der Waals surface area (Å²) in [5.74, 6) is -0.721. The third-order valence-corrected chi connectivity index (χ3v) is 5.31. The average Bonchev–Trinajstić information content (AvgIpc) is 2.89. The molecule has 1 heterocycles. The van der Waals surface area contributed by atoms with Gasteiger partial charge >= 0.3 is 5.97 Å². The Morgan fingerprint density at radius 3 is 1.96 bits per heavy atom. The molecule has 2 fully saturated rings. The molecule has 0 radical (unpaired) electrons. The number of hydrogen-bond acceptors (Lipinski definition) is 4. The van der Waals surface area contributed by atoms with Gasteiger partial charge in [0.05, 0.1) is 30.2 Å². The zero-order chi connectivity index (χ0) is 16.1. The normalized spacial score (nSPS) is 31.4. The van der Waals surface area contributed by atoms with E-state index in [1.807, 2.05) is 0 Å². The fourth-order valence-electron chi connectivity index (χ4n) is 4.19. The molecule has 2 amide bonds. The van der Waals surface area contributed by atoms with E-state index in [2.05, 4.69) is 16.9 Å². The van der Waals surface area contributed by atoms with E-state index >= 15 is 0 Å². The van der Waals surface area contributed by atoms with Crippen molar-refractivity contribution in [1.82, 2.24) is 0 Å². The van der Waals surface area contributed by atoms with Crippen LogP contribution < -0.4 is 4.90 Å². The molecular formula is C18H17NO4. The van der Waals surface area contributed by atoms with Gasteiger partial charge < -0.3 is 4.74 Å². The molecule has 1 aromatic carbocycles. The number of methoxy groups -OCH3 is 1. The van der Waals surface area contributed by atoms with Crippen LogP contribution in [0.2, 0.25) is 0 Å². The van der Waals surface area contributed by atoms with Gasteiger partial charge in [-0.15, -0.1) is 0 Å². The van der Waals surface area contributed by atoms with E-state index in [4.69, 9.17) is 0 Å². The summed E-state index contributed by atoms with van der Waals surface area (Å²) in [6.45, 7) is 0. The van der Waals surface area contributed by atoms with Crippen LogP contribution in [0.25, 0.3) is 0 Å². The Morgan fingerprint density at radius 1 is 1.00 bits per heavy atom. The molecule has 5 heteroatoms. The van der Waals surface area contributed by atoms with Crippen molar-refractivity contribution in [3.63, 3.8) is 0 Å². The Morgan fingerprint density at radius 2 is 1.52 bits per heavy atom. The molecule has 0 spiro atoms. The second-order valence-corrected chi connectivity index (χ2v) is 6.39. The third-order valence-electron chi connectivity index (χ3n) is 5.31. The standard InChI is InChI=1S/C18H17NO4/c1-23-18(22)12-6-8-13(9-7-12)19-16(20)14-10-2-3-11(5-4-10)15(14)17(19)21/h2-3,6-11,14-15H,4-5H2,1H3/t10-,11-,14+,15+/m0/s1. The maximum absolute atomic E-state index is 12.8. The van der Waals surface area contributed by atoms with Crippen LogP contribution in [-0.4, -0.2) is 24.9 Å². The molecule has 5 nitrogen and oxygen atoms in total. The summed E-state index contributed by atoms with van der Waals surface area (Å²) in [7, 11) is 1.32. The number of imide groups is 1. The number of carbonyl (C=O) groups excluding carboxylic acids is 3. The van der Waals surface area contributed by atoms with Crippen LogP contribution in [0, 0.1) is 23.7 Å². The van der Waals surface area contributed by atoms with E-state index in [1.165, 1.54) is 12.0 Å². The largest absolute Gasteiger partial charge is 0.465 e. The van der Waals surface area contributed by atoms with Crippen molar-refractivity contribution < 1.29 is 19.1 Å². The maximum Gasteiger partial charge on any atom is 0.337 e. The number of ether oxygens (including phenoxy) is 1. The van der Waals surface area contributed by atoms with E-state index < -0.39 is 5.97 Å². The number of rotatable bonds is 2. The van der Waals surface area contributed by atoms with Gasteiger partial charge in [0.25, 0.3) is 0 Å². The van der Waals surface area contributed by atoms with E-state index in [0.29, 0.717) is 11.3 Å². The molecule has 0 N–H and O–H groups in total. The maximum atomic E-state index is 12.8. The van der Waals surface area contributed by atoms with Crippen molar-refractivity contribution in [1.29, 1.82) is 0 Å². The Balaban J connectivity index is 1.67. The average molecular weight is 311 g/mol. The summed E-state index contributed by atoms with van der Waals surface area (Å²) < 4.78 is 4.66. The molecule has 4 aliphatic rings. The van der Waals surface area contributed by atoms with E-state index in [-0.39, 0.29) is 35.5 Å². The molecule has 1 saturated carbocycles. The molecule has 1 aliphatic heterocycles. The first-order valence-corrected chi connectivity index (χ1v) is 7.86. The first-order valence-electron chi connectivity index (χ1n) is 7.86. The van der Waals surface area contributed by atoms with Crippen molar-refractivity contribution >= 4 is 23.5 Å². The summed E-state index contributed by atoms with van der Waals surface area (Å²) in [6, 6.07) is 6.43. The highest BCUT2D eigenvalue weighted by molar-refractivity contribution is 6.22. The monoisotopic (exact) mass is 311 g/mol. The molecule has 118 valence electrons. The minimum Gasteiger partial charge on any atom is -0.465 e. The summed E-state index contributed by atoms with van der Waals surface area (Å²) in [4.78, 5) is 38.4. The van der Waals surface area contributed by atoms with Crippen LogP contribution >= 0.6 is 0 Å². The lowest BCUT2D eigenvalue weighted by Crippen LogP contribution is -2.38. The van der Waals surface area contributed by atoms with Gasteiger partial charge in [0.15, 0.2) is 0 Å². The Kier molecular flexibility index (Phi) is 3.11. The number of benzene rings is 1. The third kappa shape index (κ3) is 1.96. The predicted octanol–water partition coefficient (Wildman–Crippen LogP) is 2.17. The predicted molar refractivity (Wildman–Crippen MR) is 82.6 cm³/mol. The van der Waals surface area contributed by atoms with E-state index in [9.17, 15) is 14.4 Å². The van der Waals surface area contributed by atoms with Gasteiger partial charge in [0.1, 0.15) is 0 Å². The second kappa shape index (κ2) is 5.05. The van der Waals surface area contributed by atoms with E-state index in [1.54, 1.807) is 24.3 Å². The fourth-order valence-corrected chi connectivity index (χ4v) is 4.19. The minimum atomic E-state index is -0.438. The molecule has 23 heavy (non-hydrogen) atoms. The molecule has 2 bridgehead atoms. The summed E-state index contributed by atoms with van der Waals surface area (Å²) in [6.07, 6.45) is 6.17. The van der Waals surface area contributed by atoms with Crippen molar-refractivity contribution in [3.8, 4) is 0 Å². The number of allylic oxidation sites excluding steroid dienone is 2. The topological polar surface area (TPSA) is 63.7 Å². The molecule has 0 unspecified atom stereocenters. The number of amides is 2. The molecule has 1 saturated heterocycles. The first kappa shape index (κ1) is 14.2. The number of anilines is 1. The SMILES string of the molecule is COC(=O)c1ccc(N2C(=O)[C@H]3[C@H](C2=O)[C@H]2C=C[C@H]3CC2)cc1. The van der Waals surface area contributed by atoms with Crippen molar-refractivity contribution in [2.75, 3.05) is 12.0 Å². The van der Waals surface area contributed by atoms with Crippen LogP contribution in [0.1, 0.15) is 23.2 Å². The Hall–Kier alpha value is -2.43. The molecule has 0 aromatic heterocycles. The van der Waals surface area contributed by atoms with Gasteiger partial charge in [-0.1, -0.05) is 12.2 Å². The fraction of sp³-hybridized carbons (Fsp3) is 0.389. The number of nitrogens with zero attached hydrogens (tertiary/aromatic N) is 1. The molecule has 5 rings (SSSR count). The molecular weight excluding hydrogens is 294 g/mol. The van der Waals surface area contributed by atoms with Gasteiger partial charge in [-0.05, 0) is 48.9 Å². The highest BCUT2D eigenvalue weighted by atomic mass is 16.5. The van der Waals surface area contributed by atoms with Crippen molar-refractivity contribution in [2.45, 2.75) is 12.8 Å². The summed E-state index contributed by atoms with van der Waals surface area (Å²) in [5, 5.41) is 0. The number of esters is 1. The van der Waals surface area contributed by atoms with Gasteiger partial charge in [-0.25, -0.2) is 4.79 Å². The summed E-state index contributed by atoms with van der Waals surface area (Å²) >= 11 is 0. The quantitative estimate of drug-likeness (QED) is 0.477. The highest BCUT2D eigenvalue weighted by Crippen LogP contribution is 2.50. The lowest BCUT2D eigenvalue weighted by molar-refractivity contribution is -0.124. The van der Waals surface area contributed by atoms with Crippen LogP contribution in [0.5, 0.6) is 0 Å². The lowest BCUT2D eigenvalue weighted by Gasteiger charge is -2.38. The van der Waals surface area contributed by atoms with Gasteiger partial charge in [-0.3, -0.25) is 14.5 Å². The lowest BCUT2D eigenvalue weighted by atomic mass is 9.63. The van der Waals surface area contributed by atoms with Gasteiger partial charge in [-0.2, -0.15) is 0 Å². The van der Waals surface area contributed by atoms with Crippen LogP contribution in [0.4, 0.5) is 5.69 Å². The molecule has 4 atom stereocenters. The second-order valence-electron chi connectivity index (χ2n) is 6.39. The minimum absolute atomic E-state index is 0.107. The van der Waals surface area contributed by atoms with Gasteiger partial charge in [0, 0.05) is 0 Å². The highest BCUT2D eigenvalue weighted by Gasteiger charge is 2.56. The van der Waals surface area contributed by atoms with Crippen LogP contribution in [-0.2, 0) is 14.3 Å². The Bertz CT molecular complexity index is 689. The zero-order valence-electron chi connectivity index (χ0n) is 12.8. The number of hydrogen-bond donors (Lipinski definition) is 0. The van der Waals surface area contributed by atoms with Crippen molar-refractivity contribution in [3.05, 3.63) is 42.0 Å². The number of fused-ring (bicyclic) bond motifs is 1. The zero-order valence-corrected chi connectivity index (χ0v) is 12.8. The number of carbonyl (C=O) groups is 3. The van der Waals surface area contributed by atoms with Gasteiger partial charge in [0.2, 0.25) is 11.8 Å². The smallest absolute Gasteiger partial charge is 0.337 e. The van der Waals surface area contributed by atoms with Crippen LogP contribution in [0.3, 0.4) is 0 Å². The Labute approximate surface area is 133 Å². The van der Waals surface area contributed by atoms with Crippen LogP contribution in [0.15, 0.2) is 36.4 Å².